The highest BCUT2D eigenvalue weighted by atomic mass is 16.5. The standard InChI is InChI=1S/C19H21NO3/c1-14-12-20(13-15(2)22-14)19(21)16-8-10-18(11-9-16)23-17-6-4-3-5-7-17/h3-11,14-15H,12-13H2,1-2H3/t14-,15-/m1/s1. The summed E-state index contributed by atoms with van der Waals surface area (Å²) >= 11 is 0. The SMILES string of the molecule is C[C@@H]1CN(C(=O)c2ccc(Oc3ccccc3)cc2)C[C@@H](C)O1. The van der Waals surface area contributed by atoms with Crippen LogP contribution < -0.4 is 4.74 Å². The molecule has 0 bridgehead atoms. The monoisotopic (exact) mass is 311 g/mol. The Morgan fingerprint density at radius 3 is 2.13 bits per heavy atom. The van der Waals surface area contributed by atoms with Crippen LogP contribution in [0.25, 0.3) is 0 Å². The minimum absolute atomic E-state index is 0.0401. The third-order valence-corrected chi connectivity index (χ3v) is 3.79. The van der Waals surface area contributed by atoms with Crippen molar-refractivity contribution in [2.75, 3.05) is 13.1 Å². The van der Waals surface area contributed by atoms with Crippen LogP contribution in [0.2, 0.25) is 0 Å². The van der Waals surface area contributed by atoms with E-state index in [1.165, 1.54) is 0 Å². The Balaban J connectivity index is 1.68. The molecule has 1 aliphatic heterocycles. The van der Waals surface area contributed by atoms with Crippen molar-refractivity contribution >= 4 is 5.91 Å². The molecule has 2 aromatic rings. The van der Waals surface area contributed by atoms with Gasteiger partial charge in [-0.25, -0.2) is 0 Å². The lowest BCUT2D eigenvalue weighted by molar-refractivity contribution is -0.0586. The minimum atomic E-state index is 0.0401. The second-order valence-electron chi connectivity index (χ2n) is 5.91. The van der Waals surface area contributed by atoms with E-state index >= 15 is 0 Å². The minimum Gasteiger partial charge on any atom is -0.457 e. The van der Waals surface area contributed by atoms with Gasteiger partial charge in [0.1, 0.15) is 11.5 Å². The lowest BCUT2D eigenvalue weighted by Gasteiger charge is -2.35. The molecular formula is C19H21NO3. The van der Waals surface area contributed by atoms with Crippen molar-refractivity contribution in [2.45, 2.75) is 26.1 Å². The van der Waals surface area contributed by atoms with Gasteiger partial charge in [-0.2, -0.15) is 0 Å². The Morgan fingerprint density at radius 2 is 1.52 bits per heavy atom. The van der Waals surface area contributed by atoms with Crippen molar-refractivity contribution in [3.63, 3.8) is 0 Å². The maximum atomic E-state index is 12.6. The Labute approximate surface area is 136 Å². The average molecular weight is 311 g/mol. The van der Waals surface area contributed by atoms with Crippen molar-refractivity contribution < 1.29 is 14.3 Å². The maximum Gasteiger partial charge on any atom is 0.254 e. The quantitative estimate of drug-likeness (QED) is 0.867. The van der Waals surface area contributed by atoms with Gasteiger partial charge < -0.3 is 14.4 Å². The van der Waals surface area contributed by atoms with Crippen LogP contribution in [0, 0.1) is 0 Å². The van der Waals surface area contributed by atoms with Crippen molar-refractivity contribution in [2.24, 2.45) is 0 Å². The zero-order valence-corrected chi connectivity index (χ0v) is 13.4. The van der Waals surface area contributed by atoms with Gasteiger partial charge in [0.25, 0.3) is 5.91 Å². The summed E-state index contributed by atoms with van der Waals surface area (Å²) in [4.78, 5) is 14.4. The zero-order chi connectivity index (χ0) is 16.2. The van der Waals surface area contributed by atoms with Gasteiger partial charge in [0.2, 0.25) is 0 Å². The maximum absolute atomic E-state index is 12.6. The number of carbonyl (C=O) groups is 1. The first-order valence-electron chi connectivity index (χ1n) is 7.89. The molecule has 4 nitrogen and oxygen atoms in total. The van der Waals surface area contributed by atoms with Crippen molar-refractivity contribution in [3.8, 4) is 11.5 Å². The van der Waals surface area contributed by atoms with E-state index in [0.717, 1.165) is 11.5 Å². The Kier molecular flexibility index (Phi) is 4.63. The zero-order valence-electron chi connectivity index (χ0n) is 13.4. The predicted octanol–water partition coefficient (Wildman–Crippen LogP) is 3.73. The molecule has 0 N–H and O–H groups in total. The number of nitrogens with zero attached hydrogens (tertiary/aromatic N) is 1. The van der Waals surface area contributed by atoms with Gasteiger partial charge in [-0.15, -0.1) is 0 Å². The fourth-order valence-electron chi connectivity index (χ4n) is 2.82. The first-order chi connectivity index (χ1) is 11.1. The van der Waals surface area contributed by atoms with E-state index in [1.807, 2.05) is 73.3 Å². The van der Waals surface area contributed by atoms with Gasteiger partial charge in [-0.1, -0.05) is 18.2 Å². The highest BCUT2D eigenvalue weighted by molar-refractivity contribution is 5.94. The topological polar surface area (TPSA) is 38.8 Å². The first kappa shape index (κ1) is 15.6. The second kappa shape index (κ2) is 6.84. The largest absolute Gasteiger partial charge is 0.457 e. The molecular weight excluding hydrogens is 290 g/mol. The van der Waals surface area contributed by atoms with Crippen molar-refractivity contribution in [1.82, 2.24) is 4.90 Å². The van der Waals surface area contributed by atoms with Crippen LogP contribution in [-0.4, -0.2) is 36.1 Å². The summed E-state index contributed by atoms with van der Waals surface area (Å²) in [5.74, 6) is 1.54. The Bertz CT molecular complexity index is 644. The second-order valence-corrected chi connectivity index (χ2v) is 5.91. The van der Waals surface area contributed by atoms with Crippen LogP contribution in [0.1, 0.15) is 24.2 Å². The molecule has 0 unspecified atom stereocenters. The van der Waals surface area contributed by atoms with E-state index in [4.69, 9.17) is 9.47 Å². The lowest BCUT2D eigenvalue weighted by atomic mass is 10.1. The molecule has 1 saturated heterocycles. The molecule has 0 saturated carbocycles. The number of hydrogen-bond acceptors (Lipinski definition) is 3. The number of hydrogen-bond donors (Lipinski definition) is 0. The van der Waals surface area contributed by atoms with Crippen LogP contribution in [0.5, 0.6) is 11.5 Å². The van der Waals surface area contributed by atoms with E-state index in [1.54, 1.807) is 0 Å². The fourth-order valence-corrected chi connectivity index (χ4v) is 2.82. The predicted molar refractivity (Wildman–Crippen MR) is 88.9 cm³/mol. The van der Waals surface area contributed by atoms with Gasteiger partial charge in [0.05, 0.1) is 12.2 Å². The molecule has 1 heterocycles. The molecule has 0 aromatic heterocycles. The summed E-state index contributed by atoms with van der Waals surface area (Å²) in [6.07, 6.45) is 0.145. The summed E-state index contributed by atoms with van der Waals surface area (Å²) in [5.41, 5.74) is 0.673. The number of ether oxygens (including phenoxy) is 2. The van der Waals surface area contributed by atoms with E-state index in [9.17, 15) is 4.79 Å². The Hall–Kier alpha value is -2.33. The van der Waals surface area contributed by atoms with Crippen LogP contribution in [0.3, 0.4) is 0 Å². The summed E-state index contributed by atoms with van der Waals surface area (Å²) in [7, 11) is 0. The van der Waals surface area contributed by atoms with Crippen molar-refractivity contribution in [3.05, 3.63) is 60.2 Å². The van der Waals surface area contributed by atoms with Gasteiger partial charge in [-0.05, 0) is 50.2 Å². The number of rotatable bonds is 3. The van der Waals surface area contributed by atoms with Crippen LogP contribution in [-0.2, 0) is 4.74 Å². The molecule has 3 rings (SSSR count). The average Bonchev–Trinajstić information content (AvgIpc) is 2.55. The van der Waals surface area contributed by atoms with E-state index in [0.29, 0.717) is 18.7 Å². The summed E-state index contributed by atoms with van der Waals surface area (Å²) in [6, 6.07) is 16.9. The first-order valence-corrected chi connectivity index (χ1v) is 7.89. The number of benzene rings is 2. The fraction of sp³-hybridized carbons (Fsp3) is 0.316. The molecule has 23 heavy (non-hydrogen) atoms. The van der Waals surface area contributed by atoms with E-state index in [-0.39, 0.29) is 18.1 Å². The molecule has 120 valence electrons. The Morgan fingerprint density at radius 1 is 0.957 bits per heavy atom. The molecule has 2 aromatic carbocycles. The molecule has 1 fully saturated rings. The number of morpholine rings is 1. The van der Waals surface area contributed by atoms with Crippen LogP contribution >= 0.6 is 0 Å². The summed E-state index contributed by atoms with van der Waals surface area (Å²) in [6.45, 7) is 5.25. The summed E-state index contributed by atoms with van der Waals surface area (Å²) in [5, 5.41) is 0. The normalized spacial score (nSPS) is 21.0. The molecule has 0 spiro atoms. The summed E-state index contributed by atoms with van der Waals surface area (Å²) < 4.78 is 11.4. The third-order valence-electron chi connectivity index (χ3n) is 3.79. The molecule has 2 atom stereocenters. The van der Waals surface area contributed by atoms with Gasteiger partial charge >= 0.3 is 0 Å². The van der Waals surface area contributed by atoms with Crippen LogP contribution in [0.15, 0.2) is 54.6 Å². The third kappa shape index (κ3) is 3.90. The highest BCUT2D eigenvalue weighted by Gasteiger charge is 2.26. The molecule has 0 radical (unpaired) electrons. The van der Waals surface area contributed by atoms with Gasteiger partial charge in [0.15, 0.2) is 0 Å². The molecule has 0 aliphatic carbocycles. The van der Waals surface area contributed by atoms with Crippen LogP contribution in [0.4, 0.5) is 0 Å². The molecule has 4 heteroatoms. The van der Waals surface area contributed by atoms with Gasteiger partial charge in [0, 0.05) is 18.7 Å². The lowest BCUT2D eigenvalue weighted by Crippen LogP contribution is -2.48. The molecule has 1 amide bonds. The number of carbonyl (C=O) groups excluding carboxylic acids is 1. The van der Waals surface area contributed by atoms with E-state index in [2.05, 4.69) is 0 Å². The smallest absolute Gasteiger partial charge is 0.254 e. The van der Waals surface area contributed by atoms with E-state index < -0.39 is 0 Å². The number of para-hydroxylation sites is 1. The van der Waals surface area contributed by atoms with Gasteiger partial charge in [-0.3, -0.25) is 4.79 Å². The highest BCUT2D eigenvalue weighted by Crippen LogP contribution is 2.22. The van der Waals surface area contributed by atoms with Crippen molar-refractivity contribution in [1.29, 1.82) is 0 Å². The molecule has 1 aliphatic rings. The number of amides is 1.